The quantitative estimate of drug-likeness (QED) is 0.190. The number of rotatable bonds is 6. The Morgan fingerprint density at radius 3 is 1.76 bits per heavy atom. The molecule has 0 bridgehead atoms. The van der Waals surface area contributed by atoms with Gasteiger partial charge in [0.15, 0.2) is 0 Å². The highest BCUT2D eigenvalue weighted by Gasteiger charge is 2.41. The zero-order valence-electron chi connectivity index (χ0n) is 23.0. The summed E-state index contributed by atoms with van der Waals surface area (Å²) in [4.78, 5) is 4.98. The van der Waals surface area contributed by atoms with E-state index < -0.39 is 15.2 Å². The van der Waals surface area contributed by atoms with Crippen molar-refractivity contribution in [3.63, 3.8) is 0 Å². The molecule has 0 aliphatic carbocycles. The van der Waals surface area contributed by atoms with Crippen molar-refractivity contribution in [2.45, 2.75) is 6.16 Å². The lowest BCUT2D eigenvalue weighted by Gasteiger charge is -2.46. The highest BCUT2D eigenvalue weighted by molar-refractivity contribution is 7.73. The number of hydrogen-bond acceptors (Lipinski definition) is 3. The van der Waals surface area contributed by atoms with Crippen LogP contribution in [0.3, 0.4) is 0 Å². The van der Waals surface area contributed by atoms with E-state index in [1.54, 1.807) is 0 Å². The Kier molecular flexibility index (Phi) is 7.13. The minimum absolute atomic E-state index is 0.545. The fraction of sp³-hybridized carbons (Fsp3) is 0.143. The van der Waals surface area contributed by atoms with Gasteiger partial charge in [-0.2, -0.15) is 0 Å². The largest absolute Gasteiger partial charge is 0.350 e. The van der Waals surface area contributed by atoms with Crippen LogP contribution in [0.25, 0.3) is 11.1 Å². The molecule has 0 radical (unpaired) electrons. The molecule has 5 aromatic carbocycles. The number of benzene rings is 5. The number of hydrogen-bond donors (Lipinski definition) is 0. The predicted molar refractivity (Wildman–Crippen MR) is 176 cm³/mol. The molecule has 7 rings (SSSR count). The Bertz CT molecular complexity index is 1630. The number of anilines is 3. The molecule has 1 fully saturated rings. The zero-order chi connectivity index (χ0) is 27.6. The molecule has 0 amide bonds. The van der Waals surface area contributed by atoms with Crippen LogP contribution >= 0.6 is 15.2 Å². The van der Waals surface area contributed by atoms with Crippen molar-refractivity contribution >= 4 is 37.6 Å². The molecule has 2 aliphatic heterocycles. The minimum atomic E-state index is -3.01. The van der Waals surface area contributed by atoms with Crippen LogP contribution in [0.5, 0.6) is 0 Å². The number of nitrogens with zero attached hydrogens (tertiary/aromatic N) is 3. The van der Waals surface area contributed by atoms with Gasteiger partial charge in [0.1, 0.15) is 0 Å². The molecule has 6 heteroatoms. The molecule has 2 heterocycles. The molecule has 204 valence electrons. The molecule has 1 saturated heterocycles. The molecular formula is C35H33N3OP2. The summed E-state index contributed by atoms with van der Waals surface area (Å²) in [5, 5.41) is 0.981. The summed E-state index contributed by atoms with van der Waals surface area (Å²) in [5.41, 5.74) is 6.98. The maximum Gasteiger partial charge on any atom is 0.206 e. The first-order valence-corrected chi connectivity index (χ1v) is 17.9. The Hall–Kier alpha value is -3.84. The van der Waals surface area contributed by atoms with Gasteiger partial charge in [-0.15, -0.1) is 0 Å². The second kappa shape index (κ2) is 11.2. The fourth-order valence-electron chi connectivity index (χ4n) is 6.14. The van der Waals surface area contributed by atoms with Gasteiger partial charge >= 0.3 is 0 Å². The number of para-hydroxylation sites is 3. The van der Waals surface area contributed by atoms with Crippen molar-refractivity contribution in [1.82, 2.24) is 0 Å². The smallest absolute Gasteiger partial charge is 0.206 e. The van der Waals surface area contributed by atoms with Gasteiger partial charge in [0.25, 0.3) is 0 Å². The van der Waals surface area contributed by atoms with E-state index in [0.717, 1.165) is 42.1 Å². The van der Waals surface area contributed by atoms with Gasteiger partial charge in [0.05, 0.1) is 6.67 Å². The van der Waals surface area contributed by atoms with Crippen LogP contribution in [0.1, 0.15) is 5.56 Å². The summed E-state index contributed by atoms with van der Waals surface area (Å²) in [6.45, 7) is 0.839. The van der Waals surface area contributed by atoms with Crippen LogP contribution < -0.4 is 19.8 Å². The average molecular weight is 574 g/mol. The van der Waals surface area contributed by atoms with E-state index in [-0.39, 0.29) is 0 Å². The Balaban J connectivity index is 1.30. The summed E-state index contributed by atoms with van der Waals surface area (Å²) in [5.74, 6) is 0. The van der Waals surface area contributed by atoms with Crippen molar-refractivity contribution in [2.24, 2.45) is 0 Å². The van der Waals surface area contributed by atoms with Crippen LogP contribution in [0.15, 0.2) is 140 Å². The highest BCUT2D eigenvalue weighted by Crippen LogP contribution is 2.61. The SMILES string of the molecule is O=P1(N(CP2CN(c3ccccc3)CN(c3ccccc3)C2)c2ccccc2)Cc2ccccc2-c2ccccc21. The molecule has 2 aliphatic rings. The monoisotopic (exact) mass is 573 g/mol. The van der Waals surface area contributed by atoms with E-state index in [4.69, 9.17) is 0 Å². The molecule has 0 saturated carbocycles. The van der Waals surface area contributed by atoms with Crippen LogP contribution in [0, 0.1) is 0 Å². The molecule has 0 spiro atoms. The topological polar surface area (TPSA) is 26.8 Å². The lowest BCUT2D eigenvalue weighted by Crippen LogP contribution is -2.45. The summed E-state index contributed by atoms with van der Waals surface area (Å²) < 4.78 is 17.9. The Morgan fingerprint density at radius 1 is 0.610 bits per heavy atom. The highest BCUT2D eigenvalue weighted by atomic mass is 31.2. The van der Waals surface area contributed by atoms with Crippen LogP contribution in [-0.4, -0.2) is 25.5 Å². The van der Waals surface area contributed by atoms with Crippen molar-refractivity contribution in [2.75, 3.05) is 40.0 Å². The Morgan fingerprint density at radius 2 is 1.12 bits per heavy atom. The van der Waals surface area contributed by atoms with E-state index in [1.807, 2.05) is 12.1 Å². The third-order valence-corrected chi connectivity index (χ3v) is 13.5. The van der Waals surface area contributed by atoms with Crippen LogP contribution in [0.4, 0.5) is 17.1 Å². The van der Waals surface area contributed by atoms with E-state index in [1.165, 1.54) is 22.5 Å². The maximum absolute atomic E-state index is 15.6. The van der Waals surface area contributed by atoms with E-state index in [9.17, 15) is 0 Å². The van der Waals surface area contributed by atoms with Crippen molar-refractivity contribution < 1.29 is 4.57 Å². The van der Waals surface area contributed by atoms with Gasteiger partial charge in [-0.3, -0.25) is 4.57 Å². The second-order valence-electron chi connectivity index (χ2n) is 10.8. The number of fused-ring (bicyclic) bond motifs is 3. The molecular weight excluding hydrogens is 540 g/mol. The Labute approximate surface area is 244 Å². The molecule has 0 aromatic heterocycles. The molecule has 4 nitrogen and oxygen atoms in total. The lowest BCUT2D eigenvalue weighted by atomic mass is 10.0. The maximum atomic E-state index is 15.6. The van der Waals surface area contributed by atoms with Gasteiger partial charge in [-0.05, 0) is 67.1 Å². The van der Waals surface area contributed by atoms with E-state index in [2.05, 4.69) is 142 Å². The molecule has 0 N–H and O–H groups in total. The first-order chi connectivity index (χ1) is 20.2. The van der Waals surface area contributed by atoms with Gasteiger partial charge in [0, 0.05) is 47.4 Å². The molecule has 5 aromatic rings. The average Bonchev–Trinajstić information content (AvgIpc) is 3.05. The van der Waals surface area contributed by atoms with Gasteiger partial charge < -0.3 is 14.5 Å². The summed E-state index contributed by atoms with van der Waals surface area (Å²) in [7, 11) is -3.57. The van der Waals surface area contributed by atoms with Crippen molar-refractivity contribution in [3.05, 3.63) is 145 Å². The second-order valence-corrected chi connectivity index (χ2v) is 15.6. The van der Waals surface area contributed by atoms with Gasteiger partial charge in [-0.1, -0.05) is 97.1 Å². The molecule has 1 unspecified atom stereocenters. The van der Waals surface area contributed by atoms with E-state index in [0.29, 0.717) is 6.16 Å². The first kappa shape index (κ1) is 26.1. The molecule has 1 atom stereocenters. The first-order valence-electron chi connectivity index (χ1n) is 14.1. The normalized spacial score (nSPS) is 18.4. The van der Waals surface area contributed by atoms with Crippen LogP contribution in [-0.2, 0) is 10.7 Å². The third kappa shape index (κ3) is 5.08. The fourth-order valence-corrected chi connectivity index (χ4v) is 12.5. The van der Waals surface area contributed by atoms with Crippen molar-refractivity contribution in [1.29, 1.82) is 0 Å². The minimum Gasteiger partial charge on any atom is -0.350 e. The summed E-state index contributed by atoms with van der Waals surface area (Å²) in [6.07, 6.45) is 3.23. The van der Waals surface area contributed by atoms with Gasteiger partial charge in [-0.25, -0.2) is 0 Å². The predicted octanol–water partition coefficient (Wildman–Crippen LogP) is 8.62. The lowest BCUT2D eigenvalue weighted by molar-refractivity contribution is 0.578. The van der Waals surface area contributed by atoms with Gasteiger partial charge in [0.2, 0.25) is 7.29 Å². The van der Waals surface area contributed by atoms with E-state index >= 15 is 4.57 Å². The summed E-state index contributed by atoms with van der Waals surface area (Å²) >= 11 is 0. The van der Waals surface area contributed by atoms with Crippen LogP contribution in [0.2, 0.25) is 0 Å². The van der Waals surface area contributed by atoms with Crippen molar-refractivity contribution in [3.8, 4) is 11.1 Å². The zero-order valence-corrected chi connectivity index (χ0v) is 24.7. The summed E-state index contributed by atoms with van der Waals surface area (Å²) in [6, 6.07) is 48.7. The standard InChI is InChI=1S/C35H33N3OP2/c39-41(24-29-14-10-11-21-33(29)34-22-12-13-23-35(34)41)38(32-19-8-3-9-20-32)28-40-26-36(30-15-4-1-5-16-30)25-37(27-40)31-17-6-2-7-18-31/h1-23H,24-28H2. The molecule has 41 heavy (non-hydrogen) atoms. The third-order valence-electron chi connectivity index (χ3n) is 8.08.